The number of nitrogens with zero attached hydrogens (tertiary/aromatic N) is 1. The van der Waals surface area contributed by atoms with E-state index in [4.69, 9.17) is 4.74 Å². The van der Waals surface area contributed by atoms with E-state index in [0.717, 1.165) is 31.2 Å². The summed E-state index contributed by atoms with van der Waals surface area (Å²) in [6, 6.07) is 7.06. The molecule has 0 amide bonds. The Morgan fingerprint density at radius 2 is 2.37 bits per heavy atom. The van der Waals surface area contributed by atoms with Crippen LogP contribution in [-0.4, -0.2) is 38.2 Å². The highest BCUT2D eigenvalue weighted by atomic mass is 16.5. The lowest BCUT2D eigenvalue weighted by molar-refractivity contribution is 0.356. The summed E-state index contributed by atoms with van der Waals surface area (Å²) in [6.45, 7) is 6.71. The molecular formula is C16H24N2O. The van der Waals surface area contributed by atoms with Crippen molar-refractivity contribution in [3.05, 3.63) is 29.3 Å². The largest absolute Gasteiger partial charge is 0.493 e. The Kier molecular flexibility index (Phi) is 3.76. The lowest BCUT2D eigenvalue weighted by Crippen LogP contribution is -2.27. The first-order chi connectivity index (χ1) is 9.22. The number of likely N-dealkylation sites (tertiary alicyclic amines) is 1. The molecule has 0 saturated carbocycles. The molecule has 0 spiro atoms. The van der Waals surface area contributed by atoms with Crippen LogP contribution in [0.4, 0.5) is 0 Å². The maximum atomic E-state index is 5.56. The van der Waals surface area contributed by atoms with Crippen molar-refractivity contribution in [2.45, 2.75) is 25.8 Å². The monoisotopic (exact) mass is 260 g/mol. The third-order valence-corrected chi connectivity index (χ3v) is 4.42. The fourth-order valence-corrected chi connectivity index (χ4v) is 3.13. The number of fused-ring (bicyclic) bond motifs is 1. The zero-order valence-electron chi connectivity index (χ0n) is 12.0. The van der Waals surface area contributed by atoms with Crippen molar-refractivity contribution in [2.75, 3.05) is 33.3 Å². The highest BCUT2D eigenvalue weighted by Gasteiger charge is 2.20. The average molecular weight is 260 g/mol. The lowest BCUT2D eigenvalue weighted by atomic mass is 10.0. The Bertz CT molecular complexity index is 446. The van der Waals surface area contributed by atoms with Crippen LogP contribution in [0, 0.1) is 5.92 Å². The van der Waals surface area contributed by atoms with Crippen LogP contribution in [0.3, 0.4) is 0 Å². The van der Waals surface area contributed by atoms with E-state index in [-0.39, 0.29) is 0 Å². The molecular weight excluding hydrogens is 236 g/mol. The highest BCUT2D eigenvalue weighted by Crippen LogP contribution is 2.28. The SMILES string of the molecule is CC(NCC1CCN(C)C1)c1ccc2c(c1)CCO2. The van der Waals surface area contributed by atoms with E-state index in [1.165, 1.54) is 30.6 Å². The highest BCUT2D eigenvalue weighted by molar-refractivity contribution is 5.40. The van der Waals surface area contributed by atoms with Gasteiger partial charge in [-0.15, -0.1) is 0 Å². The van der Waals surface area contributed by atoms with Crippen LogP contribution in [0.5, 0.6) is 5.75 Å². The third-order valence-electron chi connectivity index (χ3n) is 4.42. The van der Waals surface area contributed by atoms with Gasteiger partial charge in [-0.3, -0.25) is 0 Å². The van der Waals surface area contributed by atoms with Crippen LogP contribution in [-0.2, 0) is 6.42 Å². The Morgan fingerprint density at radius 1 is 1.47 bits per heavy atom. The maximum Gasteiger partial charge on any atom is 0.122 e. The summed E-state index contributed by atoms with van der Waals surface area (Å²) in [4.78, 5) is 2.42. The zero-order valence-corrected chi connectivity index (χ0v) is 12.0. The van der Waals surface area contributed by atoms with Gasteiger partial charge in [-0.25, -0.2) is 0 Å². The molecule has 2 unspecified atom stereocenters. The van der Waals surface area contributed by atoms with Gasteiger partial charge in [0.15, 0.2) is 0 Å². The van der Waals surface area contributed by atoms with Gasteiger partial charge in [-0.05, 0) is 56.6 Å². The Labute approximate surface area is 115 Å². The summed E-state index contributed by atoms with van der Waals surface area (Å²) < 4.78 is 5.56. The normalized spacial score (nSPS) is 24.2. The molecule has 0 bridgehead atoms. The van der Waals surface area contributed by atoms with Crippen molar-refractivity contribution in [2.24, 2.45) is 5.92 Å². The minimum Gasteiger partial charge on any atom is -0.493 e. The van der Waals surface area contributed by atoms with Crippen molar-refractivity contribution in [3.63, 3.8) is 0 Å². The second-order valence-electron chi connectivity index (χ2n) is 6.01. The molecule has 3 nitrogen and oxygen atoms in total. The van der Waals surface area contributed by atoms with Gasteiger partial charge in [0.1, 0.15) is 5.75 Å². The van der Waals surface area contributed by atoms with E-state index >= 15 is 0 Å². The molecule has 19 heavy (non-hydrogen) atoms. The summed E-state index contributed by atoms with van der Waals surface area (Å²) in [7, 11) is 2.21. The molecule has 104 valence electrons. The molecule has 1 aromatic rings. The average Bonchev–Trinajstić information content (AvgIpc) is 3.03. The van der Waals surface area contributed by atoms with Gasteiger partial charge in [0.05, 0.1) is 6.61 Å². The zero-order chi connectivity index (χ0) is 13.2. The van der Waals surface area contributed by atoms with Gasteiger partial charge in [0, 0.05) is 19.0 Å². The van der Waals surface area contributed by atoms with Gasteiger partial charge < -0.3 is 15.0 Å². The van der Waals surface area contributed by atoms with E-state index < -0.39 is 0 Å². The predicted octanol–water partition coefficient (Wildman–Crippen LogP) is 2.22. The Balaban J connectivity index is 1.56. The standard InChI is InChI=1S/C16H24N2O/c1-12(17-10-13-5-7-18(2)11-13)14-3-4-16-15(9-14)6-8-19-16/h3-4,9,12-13,17H,5-8,10-11H2,1-2H3. The molecule has 2 aliphatic rings. The molecule has 1 fully saturated rings. The van der Waals surface area contributed by atoms with Gasteiger partial charge >= 0.3 is 0 Å². The maximum absolute atomic E-state index is 5.56. The van der Waals surface area contributed by atoms with Gasteiger partial charge in [0.2, 0.25) is 0 Å². The molecule has 1 aromatic carbocycles. The van der Waals surface area contributed by atoms with Gasteiger partial charge in [-0.1, -0.05) is 12.1 Å². The first-order valence-electron chi connectivity index (χ1n) is 7.40. The Morgan fingerprint density at radius 3 is 3.16 bits per heavy atom. The van der Waals surface area contributed by atoms with E-state index in [1.807, 2.05) is 0 Å². The van der Waals surface area contributed by atoms with Crippen LogP contribution >= 0.6 is 0 Å². The van der Waals surface area contributed by atoms with Crippen LogP contribution in [0.15, 0.2) is 18.2 Å². The van der Waals surface area contributed by atoms with Crippen molar-refractivity contribution in [3.8, 4) is 5.75 Å². The van der Waals surface area contributed by atoms with Crippen LogP contribution in [0.2, 0.25) is 0 Å². The Hall–Kier alpha value is -1.06. The number of hydrogen-bond donors (Lipinski definition) is 1. The number of benzene rings is 1. The first-order valence-corrected chi connectivity index (χ1v) is 7.40. The number of rotatable bonds is 4. The molecule has 3 heteroatoms. The summed E-state index contributed by atoms with van der Waals surface area (Å²) in [5, 5.41) is 3.69. The molecule has 0 radical (unpaired) electrons. The second kappa shape index (κ2) is 5.51. The minimum absolute atomic E-state index is 0.428. The molecule has 2 aliphatic heterocycles. The van der Waals surface area contributed by atoms with E-state index in [0.29, 0.717) is 6.04 Å². The quantitative estimate of drug-likeness (QED) is 0.898. The minimum atomic E-state index is 0.428. The van der Waals surface area contributed by atoms with Gasteiger partial charge in [0.25, 0.3) is 0 Å². The molecule has 2 atom stereocenters. The second-order valence-corrected chi connectivity index (χ2v) is 6.01. The third kappa shape index (κ3) is 2.93. The van der Waals surface area contributed by atoms with E-state index in [9.17, 15) is 0 Å². The molecule has 3 rings (SSSR count). The summed E-state index contributed by atoms with van der Waals surface area (Å²) >= 11 is 0. The summed E-state index contributed by atoms with van der Waals surface area (Å²) in [5.74, 6) is 1.89. The van der Waals surface area contributed by atoms with Crippen molar-refractivity contribution < 1.29 is 4.74 Å². The molecule has 2 heterocycles. The molecule has 0 aliphatic carbocycles. The molecule has 1 N–H and O–H groups in total. The van der Waals surface area contributed by atoms with Crippen molar-refractivity contribution in [1.82, 2.24) is 10.2 Å². The van der Waals surface area contributed by atoms with Crippen molar-refractivity contribution in [1.29, 1.82) is 0 Å². The fraction of sp³-hybridized carbons (Fsp3) is 0.625. The van der Waals surface area contributed by atoms with Crippen LogP contribution in [0.1, 0.15) is 30.5 Å². The number of ether oxygens (including phenoxy) is 1. The van der Waals surface area contributed by atoms with E-state index in [2.05, 4.69) is 42.4 Å². The molecule has 0 aromatic heterocycles. The first kappa shape index (κ1) is 12.9. The van der Waals surface area contributed by atoms with Crippen LogP contribution in [0.25, 0.3) is 0 Å². The lowest BCUT2D eigenvalue weighted by Gasteiger charge is -2.18. The smallest absolute Gasteiger partial charge is 0.122 e. The number of nitrogens with one attached hydrogen (secondary N) is 1. The summed E-state index contributed by atoms with van der Waals surface area (Å²) in [5.41, 5.74) is 2.75. The van der Waals surface area contributed by atoms with E-state index in [1.54, 1.807) is 0 Å². The predicted molar refractivity (Wildman–Crippen MR) is 77.7 cm³/mol. The number of hydrogen-bond acceptors (Lipinski definition) is 3. The van der Waals surface area contributed by atoms with Gasteiger partial charge in [-0.2, -0.15) is 0 Å². The molecule has 1 saturated heterocycles. The topological polar surface area (TPSA) is 24.5 Å². The van der Waals surface area contributed by atoms with Crippen LogP contribution < -0.4 is 10.1 Å². The summed E-state index contributed by atoms with van der Waals surface area (Å²) in [6.07, 6.45) is 2.39. The fourth-order valence-electron chi connectivity index (χ4n) is 3.13. The van der Waals surface area contributed by atoms with Crippen molar-refractivity contribution >= 4 is 0 Å².